The highest BCUT2D eigenvalue weighted by atomic mass is 19.4. The Balaban J connectivity index is 1.65. The van der Waals surface area contributed by atoms with E-state index in [1.165, 1.54) is 24.3 Å². The molecule has 0 atom stereocenters. The lowest BCUT2D eigenvalue weighted by atomic mass is 10.1. The molecule has 26 heavy (non-hydrogen) atoms. The van der Waals surface area contributed by atoms with E-state index in [2.05, 4.69) is 5.32 Å². The molecule has 1 fully saturated rings. The topological polar surface area (TPSA) is 62.6 Å². The number of halogens is 3. The summed E-state index contributed by atoms with van der Waals surface area (Å²) in [4.78, 5) is 25.7. The van der Waals surface area contributed by atoms with Crippen molar-refractivity contribution in [3.05, 3.63) is 47.7 Å². The van der Waals surface area contributed by atoms with E-state index in [0.717, 1.165) is 25.0 Å². The molecular formula is C18H17F3N2O3. The van der Waals surface area contributed by atoms with Crippen LogP contribution in [0.4, 0.5) is 13.2 Å². The van der Waals surface area contributed by atoms with E-state index in [1.54, 1.807) is 4.90 Å². The summed E-state index contributed by atoms with van der Waals surface area (Å²) in [5.41, 5.74) is -0.583. The maximum absolute atomic E-state index is 12.8. The first-order valence-electron chi connectivity index (χ1n) is 8.18. The SMILES string of the molecule is O=C(NCC(=O)N1CCCC1)c1ccc(-c2cccc(C(F)(F)F)c2)o1. The van der Waals surface area contributed by atoms with Crippen LogP contribution in [-0.2, 0) is 11.0 Å². The van der Waals surface area contributed by atoms with Gasteiger partial charge >= 0.3 is 6.18 Å². The summed E-state index contributed by atoms with van der Waals surface area (Å²) in [6, 6.07) is 7.45. The van der Waals surface area contributed by atoms with Crippen LogP contribution in [0.2, 0.25) is 0 Å². The Morgan fingerprint density at radius 1 is 1.12 bits per heavy atom. The van der Waals surface area contributed by atoms with Crippen LogP contribution in [0.3, 0.4) is 0 Å². The van der Waals surface area contributed by atoms with Crippen molar-refractivity contribution >= 4 is 11.8 Å². The molecule has 2 heterocycles. The van der Waals surface area contributed by atoms with Crippen molar-refractivity contribution in [2.45, 2.75) is 19.0 Å². The quantitative estimate of drug-likeness (QED) is 0.903. The zero-order valence-corrected chi connectivity index (χ0v) is 13.8. The lowest BCUT2D eigenvalue weighted by molar-refractivity contribution is -0.137. The molecule has 1 aliphatic rings. The number of hydrogen-bond donors (Lipinski definition) is 1. The van der Waals surface area contributed by atoms with Crippen LogP contribution < -0.4 is 5.32 Å². The minimum Gasteiger partial charge on any atom is -0.451 e. The van der Waals surface area contributed by atoms with E-state index in [1.807, 2.05) is 0 Å². The third kappa shape index (κ3) is 4.07. The predicted molar refractivity (Wildman–Crippen MR) is 87.3 cm³/mol. The van der Waals surface area contributed by atoms with Gasteiger partial charge in [0.2, 0.25) is 5.91 Å². The van der Waals surface area contributed by atoms with Crippen molar-refractivity contribution in [2.24, 2.45) is 0 Å². The van der Waals surface area contributed by atoms with Gasteiger partial charge in [0.25, 0.3) is 5.91 Å². The maximum Gasteiger partial charge on any atom is 0.416 e. The van der Waals surface area contributed by atoms with Crippen LogP contribution in [0.15, 0.2) is 40.8 Å². The van der Waals surface area contributed by atoms with Crippen LogP contribution in [0.5, 0.6) is 0 Å². The molecule has 1 N–H and O–H groups in total. The third-order valence-corrected chi connectivity index (χ3v) is 4.16. The van der Waals surface area contributed by atoms with Gasteiger partial charge in [-0.15, -0.1) is 0 Å². The minimum atomic E-state index is -4.46. The molecule has 0 spiro atoms. The number of nitrogens with zero attached hydrogens (tertiary/aromatic N) is 1. The van der Waals surface area contributed by atoms with Gasteiger partial charge in [-0.2, -0.15) is 13.2 Å². The first kappa shape index (κ1) is 18.0. The lowest BCUT2D eigenvalue weighted by Gasteiger charge is -2.14. The van der Waals surface area contributed by atoms with Gasteiger partial charge in [-0.3, -0.25) is 9.59 Å². The van der Waals surface area contributed by atoms with Gasteiger partial charge in [-0.1, -0.05) is 12.1 Å². The van der Waals surface area contributed by atoms with E-state index in [9.17, 15) is 22.8 Å². The van der Waals surface area contributed by atoms with Gasteiger partial charge in [0, 0.05) is 18.7 Å². The van der Waals surface area contributed by atoms with Gasteiger partial charge in [0.05, 0.1) is 12.1 Å². The fourth-order valence-corrected chi connectivity index (χ4v) is 2.79. The average Bonchev–Trinajstić information content (AvgIpc) is 3.30. The fourth-order valence-electron chi connectivity index (χ4n) is 2.79. The summed E-state index contributed by atoms with van der Waals surface area (Å²) in [7, 11) is 0. The third-order valence-electron chi connectivity index (χ3n) is 4.16. The van der Waals surface area contributed by atoms with Crippen molar-refractivity contribution < 1.29 is 27.2 Å². The van der Waals surface area contributed by atoms with Crippen molar-refractivity contribution in [3.8, 4) is 11.3 Å². The van der Waals surface area contributed by atoms with Gasteiger partial charge < -0.3 is 14.6 Å². The minimum absolute atomic E-state index is 0.0633. The summed E-state index contributed by atoms with van der Waals surface area (Å²) < 4.78 is 43.7. The zero-order chi connectivity index (χ0) is 18.7. The number of rotatable bonds is 4. The largest absolute Gasteiger partial charge is 0.451 e. The van der Waals surface area contributed by atoms with Crippen molar-refractivity contribution in [1.29, 1.82) is 0 Å². The van der Waals surface area contributed by atoms with Crippen molar-refractivity contribution in [1.82, 2.24) is 10.2 Å². The van der Waals surface area contributed by atoms with Gasteiger partial charge in [-0.25, -0.2) is 0 Å². The normalized spacial score (nSPS) is 14.5. The van der Waals surface area contributed by atoms with E-state index in [4.69, 9.17) is 4.42 Å². The Morgan fingerprint density at radius 3 is 2.54 bits per heavy atom. The smallest absolute Gasteiger partial charge is 0.416 e. The van der Waals surface area contributed by atoms with Crippen LogP contribution in [0.25, 0.3) is 11.3 Å². The molecule has 2 amide bonds. The molecule has 0 aliphatic carbocycles. The number of furan rings is 1. The molecule has 1 aromatic heterocycles. The predicted octanol–water partition coefficient (Wildman–Crippen LogP) is 3.32. The van der Waals surface area contributed by atoms with Crippen LogP contribution >= 0.6 is 0 Å². The summed E-state index contributed by atoms with van der Waals surface area (Å²) >= 11 is 0. The fraction of sp³-hybridized carbons (Fsp3) is 0.333. The Hall–Kier alpha value is -2.77. The van der Waals surface area contributed by atoms with Crippen LogP contribution in [0, 0.1) is 0 Å². The number of nitrogens with one attached hydrogen (secondary N) is 1. The average molecular weight is 366 g/mol. The number of likely N-dealkylation sites (tertiary alicyclic amines) is 1. The lowest BCUT2D eigenvalue weighted by Crippen LogP contribution is -2.38. The summed E-state index contributed by atoms with van der Waals surface area (Å²) in [5.74, 6) is -0.671. The number of hydrogen-bond acceptors (Lipinski definition) is 3. The summed E-state index contributed by atoms with van der Waals surface area (Å²) in [6.07, 6.45) is -2.55. The number of amides is 2. The van der Waals surface area contributed by atoms with Crippen molar-refractivity contribution in [3.63, 3.8) is 0 Å². The number of carbonyl (C=O) groups excluding carboxylic acids is 2. The second-order valence-corrected chi connectivity index (χ2v) is 6.01. The molecule has 8 heteroatoms. The van der Waals surface area contributed by atoms with Crippen molar-refractivity contribution in [2.75, 3.05) is 19.6 Å². The number of benzene rings is 1. The molecule has 1 saturated heterocycles. The van der Waals surface area contributed by atoms with Gasteiger partial charge in [-0.05, 0) is 37.1 Å². The summed E-state index contributed by atoms with van der Waals surface area (Å²) in [5, 5.41) is 2.47. The molecule has 0 unspecified atom stereocenters. The zero-order valence-electron chi connectivity index (χ0n) is 13.8. The Morgan fingerprint density at radius 2 is 1.85 bits per heavy atom. The highest BCUT2D eigenvalue weighted by Crippen LogP contribution is 2.32. The van der Waals surface area contributed by atoms with Gasteiger partial charge in [0.1, 0.15) is 5.76 Å². The second-order valence-electron chi connectivity index (χ2n) is 6.01. The highest BCUT2D eigenvalue weighted by Gasteiger charge is 2.30. The van der Waals surface area contributed by atoms with Crippen LogP contribution in [-0.4, -0.2) is 36.3 Å². The van der Waals surface area contributed by atoms with E-state index in [-0.39, 0.29) is 29.5 Å². The monoisotopic (exact) mass is 366 g/mol. The second kappa shape index (κ2) is 7.23. The van der Waals surface area contributed by atoms with E-state index >= 15 is 0 Å². The van der Waals surface area contributed by atoms with Crippen LogP contribution in [0.1, 0.15) is 29.0 Å². The van der Waals surface area contributed by atoms with E-state index < -0.39 is 17.6 Å². The standard InChI is InChI=1S/C18H17F3N2O3/c19-18(20,21)13-5-3-4-12(10-13)14-6-7-15(26-14)17(25)22-11-16(24)23-8-1-2-9-23/h3-7,10H,1-2,8-9,11H2,(H,22,25). The molecule has 1 aromatic carbocycles. The molecule has 3 rings (SSSR count). The molecule has 0 bridgehead atoms. The first-order valence-corrected chi connectivity index (χ1v) is 8.18. The Labute approximate surface area is 147 Å². The van der Waals surface area contributed by atoms with Gasteiger partial charge in [0.15, 0.2) is 5.76 Å². The molecular weight excluding hydrogens is 349 g/mol. The Bertz CT molecular complexity index is 808. The number of alkyl halides is 3. The van der Waals surface area contributed by atoms with E-state index in [0.29, 0.717) is 13.1 Å². The molecule has 0 radical (unpaired) electrons. The molecule has 0 saturated carbocycles. The maximum atomic E-state index is 12.8. The molecule has 2 aromatic rings. The molecule has 5 nitrogen and oxygen atoms in total. The summed E-state index contributed by atoms with van der Waals surface area (Å²) in [6.45, 7) is 1.24. The molecule has 138 valence electrons. The number of carbonyl (C=O) groups is 2. The first-order chi connectivity index (χ1) is 12.3. The highest BCUT2D eigenvalue weighted by molar-refractivity contribution is 5.94. The molecule has 1 aliphatic heterocycles. The Kier molecular flexibility index (Phi) is 5.01.